The van der Waals surface area contributed by atoms with Gasteiger partial charge in [0, 0.05) is 4.43 Å². The SMILES string of the molecule is NC(=O)c1ncn([C@@H]2O[C@H](CI)[C@@H](OC(=O)c3ccccc3)[C@H]2OC(=O)c2ccccc2)n1. The number of hydrogen-bond acceptors (Lipinski definition) is 8. The van der Waals surface area contributed by atoms with Crippen LogP contribution in [-0.2, 0) is 14.2 Å². The lowest BCUT2D eigenvalue weighted by Crippen LogP contribution is -2.40. The molecule has 2 aromatic carbocycles. The molecule has 1 aliphatic heterocycles. The minimum absolute atomic E-state index is 0.220. The minimum Gasteiger partial charge on any atom is -0.452 e. The van der Waals surface area contributed by atoms with Gasteiger partial charge in [-0.1, -0.05) is 59.0 Å². The van der Waals surface area contributed by atoms with Gasteiger partial charge in [0.15, 0.2) is 18.4 Å². The Labute approximate surface area is 202 Å². The van der Waals surface area contributed by atoms with Crippen LogP contribution in [0.5, 0.6) is 0 Å². The van der Waals surface area contributed by atoms with Crippen LogP contribution in [0.25, 0.3) is 0 Å². The van der Waals surface area contributed by atoms with Gasteiger partial charge in [-0.25, -0.2) is 19.3 Å². The van der Waals surface area contributed by atoms with E-state index in [9.17, 15) is 14.4 Å². The molecule has 4 rings (SSSR count). The Morgan fingerprint density at radius 2 is 1.48 bits per heavy atom. The van der Waals surface area contributed by atoms with Crippen LogP contribution < -0.4 is 5.73 Å². The third kappa shape index (κ3) is 5.03. The molecule has 0 saturated carbocycles. The summed E-state index contributed by atoms with van der Waals surface area (Å²) in [5, 5.41) is 4.03. The summed E-state index contributed by atoms with van der Waals surface area (Å²) in [7, 11) is 0. The molecule has 10 nitrogen and oxygen atoms in total. The Morgan fingerprint density at radius 3 is 1.97 bits per heavy atom. The number of nitrogens with zero attached hydrogens (tertiary/aromatic N) is 3. The molecular formula is C22H19IN4O6. The maximum absolute atomic E-state index is 12.8. The van der Waals surface area contributed by atoms with Crippen molar-refractivity contribution in [2.45, 2.75) is 24.5 Å². The number of amides is 1. The first kappa shape index (κ1) is 22.9. The molecule has 4 atom stereocenters. The highest BCUT2D eigenvalue weighted by atomic mass is 127. The fourth-order valence-corrected chi connectivity index (χ4v) is 4.06. The van der Waals surface area contributed by atoms with Gasteiger partial charge < -0.3 is 19.9 Å². The number of rotatable bonds is 7. The molecule has 3 aromatic rings. The van der Waals surface area contributed by atoms with Crippen LogP contribution in [0.15, 0.2) is 67.0 Å². The molecule has 11 heteroatoms. The van der Waals surface area contributed by atoms with Crippen LogP contribution in [-0.4, -0.2) is 55.3 Å². The molecular weight excluding hydrogens is 543 g/mol. The van der Waals surface area contributed by atoms with E-state index >= 15 is 0 Å². The van der Waals surface area contributed by atoms with E-state index in [1.54, 1.807) is 60.7 Å². The monoisotopic (exact) mass is 562 g/mol. The lowest BCUT2D eigenvalue weighted by Gasteiger charge is -2.24. The van der Waals surface area contributed by atoms with E-state index in [2.05, 4.69) is 32.7 Å². The molecule has 1 amide bonds. The Bertz CT molecular complexity index is 1140. The van der Waals surface area contributed by atoms with Crippen molar-refractivity contribution in [2.75, 3.05) is 4.43 Å². The first-order chi connectivity index (χ1) is 16.0. The zero-order valence-electron chi connectivity index (χ0n) is 17.1. The highest BCUT2D eigenvalue weighted by Gasteiger charge is 2.51. The Balaban J connectivity index is 1.65. The number of benzene rings is 2. The normalized spacial score (nSPS) is 22.0. The average Bonchev–Trinajstić information content (AvgIpc) is 3.46. The van der Waals surface area contributed by atoms with E-state index in [1.807, 2.05) is 0 Å². The van der Waals surface area contributed by atoms with Gasteiger partial charge in [0.1, 0.15) is 12.4 Å². The highest BCUT2D eigenvalue weighted by Crippen LogP contribution is 2.35. The van der Waals surface area contributed by atoms with Gasteiger partial charge >= 0.3 is 11.9 Å². The number of carbonyl (C=O) groups is 3. The topological polar surface area (TPSA) is 136 Å². The molecule has 2 N–H and O–H groups in total. The summed E-state index contributed by atoms with van der Waals surface area (Å²) in [6, 6.07) is 16.9. The fraction of sp³-hybridized carbons (Fsp3) is 0.227. The van der Waals surface area contributed by atoms with Crippen LogP contribution in [0, 0.1) is 0 Å². The van der Waals surface area contributed by atoms with Gasteiger partial charge in [0.25, 0.3) is 5.91 Å². The van der Waals surface area contributed by atoms with E-state index in [4.69, 9.17) is 19.9 Å². The Hall–Kier alpha value is -3.32. The summed E-state index contributed by atoms with van der Waals surface area (Å²) in [6.07, 6.45) is -2.36. The van der Waals surface area contributed by atoms with Crippen molar-refractivity contribution in [3.63, 3.8) is 0 Å². The summed E-state index contributed by atoms with van der Waals surface area (Å²) in [5.74, 6) is -2.25. The Kier molecular flexibility index (Phi) is 6.99. The average molecular weight is 562 g/mol. The second-order valence-corrected chi connectivity index (χ2v) is 7.98. The summed E-state index contributed by atoms with van der Waals surface area (Å²) < 4.78 is 19.2. The van der Waals surface area contributed by atoms with Gasteiger partial charge in [-0.3, -0.25) is 4.79 Å². The van der Waals surface area contributed by atoms with Gasteiger partial charge in [0.2, 0.25) is 5.82 Å². The largest absolute Gasteiger partial charge is 0.452 e. The quantitative estimate of drug-likeness (QED) is 0.263. The van der Waals surface area contributed by atoms with Crippen molar-refractivity contribution in [1.82, 2.24) is 14.8 Å². The zero-order valence-corrected chi connectivity index (χ0v) is 19.3. The lowest BCUT2D eigenvalue weighted by molar-refractivity contribution is -0.0540. The van der Waals surface area contributed by atoms with E-state index in [0.717, 1.165) is 0 Å². The number of carbonyl (C=O) groups excluding carboxylic acids is 3. The molecule has 1 saturated heterocycles. The summed E-state index contributed by atoms with van der Waals surface area (Å²) in [5.41, 5.74) is 5.92. The van der Waals surface area contributed by atoms with Crippen molar-refractivity contribution in [2.24, 2.45) is 5.73 Å². The summed E-state index contributed by atoms with van der Waals surface area (Å²) in [4.78, 5) is 40.9. The van der Waals surface area contributed by atoms with Crippen LogP contribution in [0.4, 0.5) is 0 Å². The predicted molar refractivity (Wildman–Crippen MR) is 123 cm³/mol. The second kappa shape index (κ2) is 10.1. The van der Waals surface area contributed by atoms with Crippen LogP contribution in [0.2, 0.25) is 0 Å². The molecule has 170 valence electrons. The first-order valence-electron chi connectivity index (χ1n) is 9.92. The number of esters is 2. The zero-order chi connectivity index (χ0) is 23.4. The maximum Gasteiger partial charge on any atom is 0.338 e. The molecule has 2 heterocycles. The number of ether oxygens (including phenoxy) is 3. The third-order valence-corrected chi connectivity index (χ3v) is 5.80. The van der Waals surface area contributed by atoms with Crippen molar-refractivity contribution in [1.29, 1.82) is 0 Å². The number of alkyl halides is 1. The maximum atomic E-state index is 12.8. The van der Waals surface area contributed by atoms with Crippen LogP contribution >= 0.6 is 22.6 Å². The number of nitrogens with two attached hydrogens (primary N) is 1. The van der Waals surface area contributed by atoms with E-state index < -0.39 is 42.4 Å². The van der Waals surface area contributed by atoms with Gasteiger partial charge in [-0.2, -0.15) is 0 Å². The number of hydrogen-bond donors (Lipinski definition) is 1. The molecule has 33 heavy (non-hydrogen) atoms. The highest BCUT2D eigenvalue weighted by molar-refractivity contribution is 14.1. The molecule has 1 aliphatic rings. The second-order valence-electron chi connectivity index (χ2n) is 7.10. The predicted octanol–water partition coefficient (Wildman–Crippen LogP) is 2.16. The van der Waals surface area contributed by atoms with Crippen LogP contribution in [0.1, 0.15) is 37.6 Å². The van der Waals surface area contributed by atoms with Crippen molar-refractivity contribution in [3.05, 3.63) is 83.9 Å². The lowest BCUT2D eigenvalue weighted by atomic mass is 10.1. The number of halogens is 1. The molecule has 1 fully saturated rings. The summed E-state index contributed by atoms with van der Waals surface area (Å²) >= 11 is 2.09. The van der Waals surface area contributed by atoms with Gasteiger partial charge in [-0.05, 0) is 24.3 Å². The summed E-state index contributed by atoms with van der Waals surface area (Å²) in [6.45, 7) is 0. The van der Waals surface area contributed by atoms with E-state index in [-0.39, 0.29) is 5.82 Å². The van der Waals surface area contributed by atoms with Gasteiger partial charge in [-0.15, -0.1) is 5.10 Å². The van der Waals surface area contributed by atoms with Crippen molar-refractivity contribution >= 4 is 40.4 Å². The Morgan fingerprint density at radius 1 is 0.939 bits per heavy atom. The van der Waals surface area contributed by atoms with E-state index in [1.165, 1.54) is 11.0 Å². The van der Waals surface area contributed by atoms with Crippen LogP contribution in [0.3, 0.4) is 0 Å². The molecule has 0 spiro atoms. The fourth-order valence-electron chi connectivity index (χ4n) is 3.36. The molecule has 0 bridgehead atoms. The molecule has 0 radical (unpaired) electrons. The number of primary amides is 1. The molecule has 0 aliphatic carbocycles. The standard InChI is InChI=1S/C22H19IN4O6/c23-11-15-16(32-21(29)13-7-3-1-4-8-13)17(33-22(30)14-9-5-2-6-10-14)20(31-15)27-12-25-19(26-27)18(24)28/h1-10,12,15-17,20H,11H2,(H2,24,28)/t15-,16-,17-,20-/m1/s1. The van der Waals surface area contributed by atoms with Crippen molar-refractivity contribution < 1.29 is 28.6 Å². The van der Waals surface area contributed by atoms with Gasteiger partial charge in [0.05, 0.1) is 11.1 Å². The molecule has 0 unspecified atom stereocenters. The number of aromatic nitrogens is 3. The van der Waals surface area contributed by atoms with E-state index in [0.29, 0.717) is 15.6 Å². The molecule has 1 aromatic heterocycles. The van der Waals surface area contributed by atoms with Crippen molar-refractivity contribution in [3.8, 4) is 0 Å². The first-order valence-corrected chi connectivity index (χ1v) is 11.4. The third-order valence-electron chi connectivity index (χ3n) is 4.93. The smallest absolute Gasteiger partial charge is 0.338 e. The minimum atomic E-state index is -1.06.